The van der Waals surface area contributed by atoms with Gasteiger partial charge in [-0.2, -0.15) is 0 Å². The van der Waals surface area contributed by atoms with Crippen LogP contribution < -0.4 is 10.5 Å². The number of ether oxygens (including phenoxy) is 1. The molecule has 0 saturated carbocycles. The van der Waals surface area contributed by atoms with Crippen molar-refractivity contribution in [2.24, 2.45) is 5.73 Å². The van der Waals surface area contributed by atoms with Gasteiger partial charge in [0.2, 0.25) is 0 Å². The molecular formula is C17H19NO. The fourth-order valence-corrected chi connectivity index (χ4v) is 2.58. The first-order chi connectivity index (χ1) is 9.07. The van der Waals surface area contributed by atoms with Crippen molar-refractivity contribution in [3.63, 3.8) is 0 Å². The molecule has 3 rings (SSSR count). The smallest absolute Gasteiger partial charge is 0.122 e. The number of nitrogens with two attached hydrogens (primary N) is 1. The summed E-state index contributed by atoms with van der Waals surface area (Å²) in [7, 11) is 0. The van der Waals surface area contributed by atoms with Crippen LogP contribution in [0.25, 0.3) is 0 Å². The van der Waals surface area contributed by atoms with Crippen LogP contribution >= 0.6 is 0 Å². The molecule has 98 valence electrons. The quantitative estimate of drug-likeness (QED) is 0.892. The van der Waals surface area contributed by atoms with Crippen LogP contribution in [0, 0.1) is 6.92 Å². The van der Waals surface area contributed by atoms with Crippen LogP contribution in [0.15, 0.2) is 42.5 Å². The average Bonchev–Trinajstić information content (AvgIpc) is 2.86. The number of hydrogen-bond acceptors (Lipinski definition) is 2. The Kier molecular flexibility index (Phi) is 2.83. The number of fused-ring (bicyclic) bond motifs is 1. The lowest BCUT2D eigenvalue weighted by Gasteiger charge is -2.26. The Balaban J connectivity index is 2.02. The van der Waals surface area contributed by atoms with Gasteiger partial charge in [-0.3, -0.25) is 0 Å². The van der Waals surface area contributed by atoms with Crippen molar-refractivity contribution in [2.45, 2.75) is 25.8 Å². The zero-order valence-electron chi connectivity index (χ0n) is 11.4. The molecule has 0 spiro atoms. The minimum absolute atomic E-state index is 0.467. The molecule has 0 aromatic heterocycles. The summed E-state index contributed by atoms with van der Waals surface area (Å²) in [5.41, 5.74) is 10.9. The van der Waals surface area contributed by atoms with Crippen molar-refractivity contribution < 1.29 is 4.74 Å². The van der Waals surface area contributed by atoms with Crippen molar-refractivity contribution >= 4 is 0 Å². The monoisotopic (exact) mass is 253 g/mol. The minimum Gasteiger partial charge on any atom is -0.493 e. The number of hydrogen-bond donors (Lipinski definition) is 1. The Bertz CT molecular complexity index is 599. The second-order valence-corrected chi connectivity index (χ2v) is 5.49. The predicted octanol–water partition coefficient (Wildman–Crippen LogP) is 3.15. The Labute approximate surface area is 114 Å². The Morgan fingerprint density at radius 1 is 1.05 bits per heavy atom. The minimum atomic E-state index is -0.467. The topological polar surface area (TPSA) is 35.2 Å². The van der Waals surface area contributed by atoms with Gasteiger partial charge in [-0.05, 0) is 42.7 Å². The van der Waals surface area contributed by atoms with Crippen LogP contribution in [0.4, 0.5) is 0 Å². The van der Waals surface area contributed by atoms with Crippen molar-refractivity contribution in [1.29, 1.82) is 0 Å². The molecule has 0 amide bonds. The van der Waals surface area contributed by atoms with E-state index in [1.807, 2.05) is 6.07 Å². The van der Waals surface area contributed by atoms with E-state index < -0.39 is 5.54 Å². The summed E-state index contributed by atoms with van der Waals surface area (Å²) < 4.78 is 5.55. The fraction of sp³-hybridized carbons (Fsp3) is 0.294. The Hall–Kier alpha value is -1.80. The summed E-state index contributed by atoms with van der Waals surface area (Å²) in [5, 5.41) is 0. The molecular weight excluding hydrogens is 234 g/mol. The summed E-state index contributed by atoms with van der Waals surface area (Å²) in [5.74, 6) is 1.00. The van der Waals surface area contributed by atoms with E-state index in [1.54, 1.807) is 0 Å². The first-order valence-corrected chi connectivity index (χ1v) is 6.69. The second kappa shape index (κ2) is 4.39. The normalized spacial score (nSPS) is 16.6. The molecule has 0 fully saturated rings. The highest BCUT2D eigenvalue weighted by molar-refractivity contribution is 5.45. The van der Waals surface area contributed by atoms with Crippen molar-refractivity contribution in [1.82, 2.24) is 0 Å². The Morgan fingerprint density at radius 2 is 1.74 bits per heavy atom. The molecule has 1 atom stereocenters. The van der Waals surface area contributed by atoms with E-state index in [9.17, 15) is 0 Å². The summed E-state index contributed by atoms with van der Waals surface area (Å²) in [6.07, 6.45) is 0.979. The first kappa shape index (κ1) is 12.2. The summed E-state index contributed by atoms with van der Waals surface area (Å²) in [6, 6.07) is 14.7. The second-order valence-electron chi connectivity index (χ2n) is 5.49. The number of aryl methyl sites for hydroxylation is 1. The third-order valence-electron chi connectivity index (χ3n) is 3.94. The van der Waals surface area contributed by atoms with E-state index in [1.165, 1.54) is 11.1 Å². The van der Waals surface area contributed by atoms with Gasteiger partial charge in [-0.15, -0.1) is 0 Å². The molecule has 2 aromatic carbocycles. The van der Waals surface area contributed by atoms with Gasteiger partial charge in [0.1, 0.15) is 5.75 Å². The molecule has 1 aliphatic heterocycles. The molecule has 2 N–H and O–H groups in total. The first-order valence-electron chi connectivity index (χ1n) is 6.69. The van der Waals surface area contributed by atoms with Crippen LogP contribution in [0.2, 0.25) is 0 Å². The molecule has 2 nitrogen and oxygen atoms in total. The maximum atomic E-state index is 6.56. The molecule has 19 heavy (non-hydrogen) atoms. The lowest BCUT2D eigenvalue weighted by molar-refractivity contribution is 0.356. The van der Waals surface area contributed by atoms with Gasteiger partial charge in [0.25, 0.3) is 0 Å². The zero-order valence-corrected chi connectivity index (χ0v) is 11.4. The van der Waals surface area contributed by atoms with Gasteiger partial charge < -0.3 is 10.5 Å². The van der Waals surface area contributed by atoms with E-state index in [-0.39, 0.29) is 0 Å². The number of rotatable bonds is 2. The van der Waals surface area contributed by atoms with Crippen molar-refractivity contribution in [2.75, 3.05) is 6.61 Å². The standard InChI is InChI=1S/C17H19NO/c1-12-3-5-14(6-4-12)17(2,18)15-7-8-16-13(11-15)9-10-19-16/h3-8,11H,9-10,18H2,1-2H3. The van der Waals surface area contributed by atoms with Gasteiger partial charge >= 0.3 is 0 Å². The molecule has 1 heterocycles. The van der Waals surface area contributed by atoms with E-state index in [2.05, 4.69) is 50.2 Å². The van der Waals surface area contributed by atoms with Crippen LogP contribution in [-0.2, 0) is 12.0 Å². The van der Waals surface area contributed by atoms with E-state index >= 15 is 0 Å². The zero-order chi connectivity index (χ0) is 13.5. The third kappa shape index (κ3) is 2.13. The van der Waals surface area contributed by atoms with Gasteiger partial charge in [0.05, 0.1) is 12.1 Å². The summed E-state index contributed by atoms with van der Waals surface area (Å²) in [6.45, 7) is 4.93. The maximum absolute atomic E-state index is 6.56. The van der Waals surface area contributed by atoms with Crippen molar-refractivity contribution in [3.05, 3.63) is 64.7 Å². The van der Waals surface area contributed by atoms with Crippen molar-refractivity contribution in [3.8, 4) is 5.75 Å². The Morgan fingerprint density at radius 3 is 2.47 bits per heavy atom. The van der Waals surface area contributed by atoms with E-state index in [0.29, 0.717) is 0 Å². The highest BCUT2D eigenvalue weighted by Crippen LogP contribution is 2.32. The van der Waals surface area contributed by atoms with Gasteiger partial charge in [0, 0.05) is 6.42 Å². The molecule has 2 aromatic rings. The molecule has 0 saturated heterocycles. The lowest BCUT2D eigenvalue weighted by Crippen LogP contribution is -2.34. The highest BCUT2D eigenvalue weighted by atomic mass is 16.5. The SMILES string of the molecule is Cc1ccc(C(C)(N)c2ccc3c(c2)CCO3)cc1. The molecule has 2 heteroatoms. The molecule has 1 unspecified atom stereocenters. The molecule has 0 bridgehead atoms. The lowest BCUT2D eigenvalue weighted by atomic mass is 9.84. The third-order valence-corrected chi connectivity index (χ3v) is 3.94. The average molecular weight is 253 g/mol. The highest BCUT2D eigenvalue weighted by Gasteiger charge is 2.25. The largest absolute Gasteiger partial charge is 0.493 e. The maximum Gasteiger partial charge on any atom is 0.122 e. The molecule has 0 aliphatic carbocycles. The molecule has 0 radical (unpaired) electrons. The van der Waals surface area contributed by atoms with E-state index in [4.69, 9.17) is 10.5 Å². The van der Waals surface area contributed by atoms with Gasteiger partial charge in [-0.25, -0.2) is 0 Å². The van der Waals surface area contributed by atoms with E-state index in [0.717, 1.165) is 29.9 Å². The van der Waals surface area contributed by atoms with Gasteiger partial charge in [0.15, 0.2) is 0 Å². The molecule has 1 aliphatic rings. The summed E-state index contributed by atoms with van der Waals surface area (Å²) in [4.78, 5) is 0. The number of benzene rings is 2. The van der Waals surface area contributed by atoms with Crippen LogP contribution in [0.5, 0.6) is 5.75 Å². The van der Waals surface area contributed by atoms with Crippen LogP contribution in [0.1, 0.15) is 29.2 Å². The summed E-state index contributed by atoms with van der Waals surface area (Å²) >= 11 is 0. The fourth-order valence-electron chi connectivity index (χ4n) is 2.58. The van der Waals surface area contributed by atoms with Crippen LogP contribution in [0.3, 0.4) is 0 Å². The van der Waals surface area contributed by atoms with Crippen LogP contribution in [-0.4, -0.2) is 6.61 Å². The van der Waals surface area contributed by atoms with Gasteiger partial charge in [-0.1, -0.05) is 35.9 Å². The predicted molar refractivity (Wildman–Crippen MR) is 77.5 cm³/mol.